The molecule has 0 saturated heterocycles. The molecule has 1 aliphatic rings. The second kappa shape index (κ2) is 6.28. The van der Waals surface area contributed by atoms with E-state index in [1.165, 1.54) is 34.1 Å². The number of sulfonamides is 1. The standard InChI is InChI=1S/C14H17NO5S/c1-11-6-8-15(9-7-11)21(18,19)13-4-2-12(3-5-13)20-10-14(16)17/h2-6H,7-10H2,1H3,(H,16,17). The average molecular weight is 311 g/mol. The molecule has 114 valence electrons. The summed E-state index contributed by atoms with van der Waals surface area (Å²) >= 11 is 0. The van der Waals surface area contributed by atoms with Crippen molar-refractivity contribution in [3.63, 3.8) is 0 Å². The van der Waals surface area contributed by atoms with Gasteiger partial charge in [-0.25, -0.2) is 13.2 Å². The van der Waals surface area contributed by atoms with E-state index in [0.717, 1.165) is 6.42 Å². The van der Waals surface area contributed by atoms with Gasteiger partial charge in [-0.05, 0) is 37.6 Å². The van der Waals surface area contributed by atoms with Gasteiger partial charge in [0.1, 0.15) is 5.75 Å². The van der Waals surface area contributed by atoms with E-state index in [0.29, 0.717) is 18.8 Å². The van der Waals surface area contributed by atoms with Crippen LogP contribution in [0.2, 0.25) is 0 Å². The summed E-state index contributed by atoms with van der Waals surface area (Å²) in [7, 11) is -3.52. The predicted octanol–water partition coefficient (Wildman–Crippen LogP) is 1.49. The van der Waals surface area contributed by atoms with Crippen LogP contribution in [0.25, 0.3) is 0 Å². The zero-order valence-corrected chi connectivity index (χ0v) is 12.5. The first-order chi connectivity index (χ1) is 9.89. The van der Waals surface area contributed by atoms with Crippen molar-refractivity contribution < 1.29 is 23.1 Å². The third-order valence-electron chi connectivity index (χ3n) is 3.22. The third-order valence-corrected chi connectivity index (χ3v) is 5.10. The summed E-state index contributed by atoms with van der Waals surface area (Å²) in [6.07, 6.45) is 2.64. The van der Waals surface area contributed by atoms with Crippen molar-refractivity contribution in [3.8, 4) is 5.75 Å². The number of carbonyl (C=O) groups is 1. The highest BCUT2D eigenvalue weighted by Gasteiger charge is 2.25. The molecule has 1 heterocycles. The summed E-state index contributed by atoms with van der Waals surface area (Å²) in [5.41, 5.74) is 1.19. The molecule has 0 spiro atoms. The second-order valence-corrected chi connectivity index (χ2v) is 6.76. The lowest BCUT2D eigenvalue weighted by Gasteiger charge is -2.24. The van der Waals surface area contributed by atoms with Crippen molar-refractivity contribution in [3.05, 3.63) is 35.9 Å². The Morgan fingerprint density at radius 3 is 2.52 bits per heavy atom. The third kappa shape index (κ3) is 3.83. The van der Waals surface area contributed by atoms with E-state index in [2.05, 4.69) is 0 Å². The van der Waals surface area contributed by atoms with Crippen LogP contribution in [0, 0.1) is 0 Å². The Hall–Kier alpha value is -1.86. The first-order valence-electron chi connectivity index (χ1n) is 6.50. The topological polar surface area (TPSA) is 83.9 Å². The molecule has 1 N–H and O–H groups in total. The summed E-state index contributed by atoms with van der Waals surface area (Å²) < 4.78 is 31.3. The van der Waals surface area contributed by atoms with Gasteiger partial charge in [-0.15, -0.1) is 0 Å². The molecule has 0 radical (unpaired) electrons. The quantitative estimate of drug-likeness (QED) is 0.833. The highest BCUT2D eigenvalue weighted by atomic mass is 32.2. The molecular weight excluding hydrogens is 294 g/mol. The van der Waals surface area contributed by atoms with E-state index < -0.39 is 22.6 Å². The fraction of sp³-hybridized carbons (Fsp3) is 0.357. The Morgan fingerprint density at radius 1 is 1.33 bits per heavy atom. The second-order valence-electron chi connectivity index (χ2n) is 4.82. The normalized spacial score (nSPS) is 16.3. The molecule has 6 nitrogen and oxygen atoms in total. The van der Waals surface area contributed by atoms with E-state index >= 15 is 0 Å². The fourth-order valence-electron chi connectivity index (χ4n) is 1.97. The van der Waals surface area contributed by atoms with Crippen molar-refractivity contribution in [1.29, 1.82) is 0 Å². The summed E-state index contributed by atoms with van der Waals surface area (Å²) in [5, 5.41) is 8.52. The maximum atomic E-state index is 12.4. The molecule has 2 rings (SSSR count). The van der Waals surface area contributed by atoms with Crippen LogP contribution >= 0.6 is 0 Å². The van der Waals surface area contributed by atoms with Gasteiger partial charge in [0.05, 0.1) is 4.90 Å². The number of hydrogen-bond acceptors (Lipinski definition) is 4. The molecule has 1 aromatic carbocycles. The molecule has 7 heteroatoms. The SMILES string of the molecule is CC1=CCN(S(=O)(=O)c2ccc(OCC(=O)O)cc2)CC1. The maximum absolute atomic E-state index is 12.4. The predicted molar refractivity (Wildman–Crippen MR) is 76.7 cm³/mol. The summed E-state index contributed by atoms with van der Waals surface area (Å²) in [4.78, 5) is 10.6. The molecule has 0 aromatic heterocycles. The number of nitrogens with zero attached hydrogens (tertiary/aromatic N) is 1. The van der Waals surface area contributed by atoms with Gasteiger partial charge in [-0.1, -0.05) is 11.6 Å². The lowest BCUT2D eigenvalue weighted by Crippen LogP contribution is -2.34. The minimum atomic E-state index is -3.52. The summed E-state index contributed by atoms with van der Waals surface area (Å²) in [6.45, 7) is 2.38. The van der Waals surface area contributed by atoms with Gasteiger partial charge in [0.25, 0.3) is 0 Å². The van der Waals surface area contributed by atoms with Crippen molar-refractivity contribution >= 4 is 16.0 Å². The van der Waals surface area contributed by atoms with Gasteiger partial charge in [0.2, 0.25) is 10.0 Å². The number of carboxylic acids is 1. The monoisotopic (exact) mass is 311 g/mol. The first-order valence-corrected chi connectivity index (χ1v) is 7.94. The van der Waals surface area contributed by atoms with E-state index in [1.807, 2.05) is 13.0 Å². The fourth-order valence-corrected chi connectivity index (χ4v) is 3.35. The van der Waals surface area contributed by atoms with Crippen LogP contribution in [-0.4, -0.2) is 43.5 Å². The molecule has 1 aliphatic heterocycles. The Morgan fingerprint density at radius 2 is 2.00 bits per heavy atom. The molecule has 0 atom stereocenters. The highest BCUT2D eigenvalue weighted by molar-refractivity contribution is 7.89. The Labute approximate surface area is 123 Å². The maximum Gasteiger partial charge on any atom is 0.341 e. The highest BCUT2D eigenvalue weighted by Crippen LogP contribution is 2.22. The van der Waals surface area contributed by atoms with Gasteiger partial charge >= 0.3 is 5.97 Å². The largest absolute Gasteiger partial charge is 0.482 e. The minimum absolute atomic E-state index is 0.179. The van der Waals surface area contributed by atoms with E-state index in [9.17, 15) is 13.2 Å². The molecule has 0 aliphatic carbocycles. The molecule has 0 unspecified atom stereocenters. The lowest BCUT2D eigenvalue weighted by atomic mass is 10.1. The number of ether oxygens (including phenoxy) is 1. The van der Waals surface area contributed by atoms with Gasteiger partial charge < -0.3 is 9.84 Å². The van der Waals surface area contributed by atoms with Crippen LogP contribution < -0.4 is 4.74 Å². The van der Waals surface area contributed by atoms with Gasteiger partial charge in [-0.2, -0.15) is 4.31 Å². The van der Waals surface area contributed by atoms with Gasteiger partial charge in [0.15, 0.2) is 6.61 Å². The van der Waals surface area contributed by atoms with E-state index in [1.54, 1.807) is 0 Å². The Kier molecular flexibility index (Phi) is 4.64. The number of carboxylic acid groups (broad SMARTS) is 1. The summed E-state index contributed by atoms with van der Waals surface area (Å²) in [6, 6.07) is 5.77. The molecule has 0 bridgehead atoms. The molecule has 1 aromatic rings. The van der Waals surface area contributed by atoms with Crippen LogP contribution in [0.4, 0.5) is 0 Å². The molecule has 0 saturated carbocycles. The lowest BCUT2D eigenvalue weighted by molar-refractivity contribution is -0.139. The van der Waals surface area contributed by atoms with Crippen LogP contribution in [0.5, 0.6) is 5.75 Å². The van der Waals surface area contributed by atoms with E-state index in [4.69, 9.17) is 9.84 Å². The minimum Gasteiger partial charge on any atom is -0.482 e. The van der Waals surface area contributed by atoms with E-state index in [-0.39, 0.29) is 4.90 Å². The first kappa shape index (κ1) is 15.5. The van der Waals surface area contributed by atoms with Crippen molar-refractivity contribution in [2.75, 3.05) is 19.7 Å². The zero-order valence-electron chi connectivity index (χ0n) is 11.7. The van der Waals surface area contributed by atoms with Crippen LogP contribution in [0.15, 0.2) is 40.8 Å². The average Bonchev–Trinajstić information content (AvgIpc) is 2.46. The smallest absolute Gasteiger partial charge is 0.341 e. The number of benzene rings is 1. The Bertz CT molecular complexity index is 648. The molecule has 0 fully saturated rings. The van der Waals surface area contributed by atoms with Crippen molar-refractivity contribution in [2.45, 2.75) is 18.2 Å². The molecular formula is C14H17NO5S. The Balaban J connectivity index is 2.12. The van der Waals surface area contributed by atoms with Gasteiger partial charge in [-0.3, -0.25) is 0 Å². The number of aliphatic carboxylic acids is 1. The van der Waals surface area contributed by atoms with Crippen LogP contribution in [0.1, 0.15) is 13.3 Å². The zero-order chi connectivity index (χ0) is 15.5. The van der Waals surface area contributed by atoms with Crippen LogP contribution in [-0.2, 0) is 14.8 Å². The van der Waals surface area contributed by atoms with Crippen molar-refractivity contribution in [1.82, 2.24) is 4.31 Å². The molecule has 21 heavy (non-hydrogen) atoms. The number of rotatable bonds is 5. The number of hydrogen-bond donors (Lipinski definition) is 1. The molecule has 0 amide bonds. The van der Waals surface area contributed by atoms with Crippen LogP contribution in [0.3, 0.4) is 0 Å². The van der Waals surface area contributed by atoms with Crippen molar-refractivity contribution in [2.24, 2.45) is 0 Å². The van der Waals surface area contributed by atoms with Gasteiger partial charge in [0, 0.05) is 13.1 Å². The summed E-state index contributed by atoms with van der Waals surface area (Å²) in [5.74, 6) is -0.757.